The van der Waals surface area contributed by atoms with Crippen molar-refractivity contribution in [3.8, 4) is 56.4 Å². The van der Waals surface area contributed by atoms with Gasteiger partial charge in [-0.2, -0.15) is 0 Å². The second-order valence-corrected chi connectivity index (χ2v) is 12.8. The fourth-order valence-corrected chi connectivity index (χ4v) is 7.49. The lowest BCUT2D eigenvalue weighted by atomic mass is 10.00. The van der Waals surface area contributed by atoms with Crippen molar-refractivity contribution in [2.75, 3.05) is 0 Å². The first-order valence-electron chi connectivity index (χ1n) is 15.7. The predicted molar refractivity (Wildman–Crippen MR) is 197 cm³/mol. The molecule has 0 unspecified atom stereocenters. The van der Waals surface area contributed by atoms with Crippen LogP contribution in [0.2, 0.25) is 0 Å². The normalized spacial score (nSPS) is 11.4. The molecule has 0 aliphatic rings. The second-order valence-electron chi connectivity index (χ2n) is 11.7. The Morgan fingerprint density at radius 2 is 0.851 bits per heavy atom. The lowest BCUT2D eigenvalue weighted by Gasteiger charge is -2.11. The molecule has 0 radical (unpaired) electrons. The molecule has 0 aliphatic carbocycles. The van der Waals surface area contributed by atoms with Gasteiger partial charge in [0.2, 0.25) is 0 Å². The van der Waals surface area contributed by atoms with Gasteiger partial charge >= 0.3 is 0 Å². The van der Waals surface area contributed by atoms with E-state index in [2.05, 4.69) is 152 Å². The van der Waals surface area contributed by atoms with E-state index >= 15 is 0 Å². The molecule has 2 heterocycles. The van der Waals surface area contributed by atoms with E-state index in [-0.39, 0.29) is 0 Å². The third-order valence-electron chi connectivity index (χ3n) is 8.73. The molecule has 7 aromatic carbocycles. The Labute approximate surface area is 276 Å². The SMILES string of the molecule is c1ccc(-c2ccc(-c3nc(-c4ccc5cc(-c6ccccc6)ccc5c4)nc(-c4cccc5sc6ccccc6c45)n3)cc2)cc1. The fraction of sp³-hybridized carbons (Fsp3) is 0. The lowest BCUT2D eigenvalue weighted by Crippen LogP contribution is -2.00. The summed E-state index contributed by atoms with van der Waals surface area (Å²) in [7, 11) is 0. The Morgan fingerprint density at radius 1 is 0.340 bits per heavy atom. The zero-order valence-corrected chi connectivity index (χ0v) is 26.2. The molecule has 9 rings (SSSR count). The maximum absolute atomic E-state index is 5.16. The van der Waals surface area contributed by atoms with E-state index in [0.717, 1.165) is 27.6 Å². The van der Waals surface area contributed by atoms with Crippen LogP contribution < -0.4 is 0 Å². The zero-order valence-electron chi connectivity index (χ0n) is 25.3. The standard InChI is InChI=1S/C43H27N3S/c1-3-10-28(11-4-1)30-18-20-31(21-19-30)41-44-42(35-25-24-33-26-32(22-23-34(33)27-35)29-12-5-2-6-13-29)46-43(45-41)37-15-9-17-39-40(37)36-14-7-8-16-38(36)47-39/h1-27H. The molecule has 0 amide bonds. The van der Waals surface area contributed by atoms with Crippen molar-refractivity contribution in [2.45, 2.75) is 0 Å². The first-order valence-corrected chi connectivity index (χ1v) is 16.5. The average Bonchev–Trinajstić information content (AvgIpc) is 3.54. The lowest BCUT2D eigenvalue weighted by molar-refractivity contribution is 1.08. The summed E-state index contributed by atoms with van der Waals surface area (Å²) < 4.78 is 2.48. The molecule has 220 valence electrons. The third kappa shape index (κ3) is 5.05. The van der Waals surface area contributed by atoms with Gasteiger partial charge in [-0.25, -0.2) is 15.0 Å². The van der Waals surface area contributed by atoms with Crippen molar-refractivity contribution in [1.82, 2.24) is 15.0 Å². The summed E-state index contributed by atoms with van der Waals surface area (Å²) in [6, 6.07) is 57.5. The molecule has 0 saturated heterocycles. The Hall–Kier alpha value is -5.97. The Balaban J connectivity index is 1.21. The van der Waals surface area contributed by atoms with Gasteiger partial charge < -0.3 is 0 Å². The Kier molecular flexibility index (Phi) is 6.65. The van der Waals surface area contributed by atoms with Gasteiger partial charge in [-0.1, -0.05) is 140 Å². The molecule has 4 heteroatoms. The largest absolute Gasteiger partial charge is 0.208 e. The van der Waals surface area contributed by atoms with Crippen molar-refractivity contribution in [1.29, 1.82) is 0 Å². The summed E-state index contributed by atoms with van der Waals surface area (Å²) in [5.74, 6) is 1.98. The molecule has 0 spiro atoms. The molecule has 0 atom stereocenters. The van der Waals surface area contributed by atoms with E-state index in [1.165, 1.54) is 42.2 Å². The van der Waals surface area contributed by atoms with E-state index in [1.807, 2.05) is 12.1 Å². The minimum absolute atomic E-state index is 0.653. The van der Waals surface area contributed by atoms with Gasteiger partial charge in [-0.05, 0) is 57.3 Å². The molecule has 0 saturated carbocycles. The fourth-order valence-electron chi connectivity index (χ4n) is 6.35. The molecule has 0 N–H and O–H groups in total. The van der Waals surface area contributed by atoms with Crippen molar-refractivity contribution in [3.05, 3.63) is 164 Å². The zero-order chi connectivity index (χ0) is 31.2. The molecule has 0 fully saturated rings. The van der Waals surface area contributed by atoms with Gasteiger partial charge in [0.05, 0.1) is 0 Å². The Bertz CT molecular complexity index is 2550. The van der Waals surface area contributed by atoms with Crippen molar-refractivity contribution in [2.24, 2.45) is 0 Å². The highest BCUT2D eigenvalue weighted by Gasteiger charge is 2.17. The van der Waals surface area contributed by atoms with Gasteiger partial charge in [0.1, 0.15) is 0 Å². The minimum Gasteiger partial charge on any atom is -0.208 e. The maximum Gasteiger partial charge on any atom is 0.164 e. The summed E-state index contributed by atoms with van der Waals surface area (Å²) in [6.07, 6.45) is 0. The van der Waals surface area contributed by atoms with Crippen LogP contribution in [0.1, 0.15) is 0 Å². The summed E-state index contributed by atoms with van der Waals surface area (Å²) in [6.45, 7) is 0. The van der Waals surface area contributed by atoms with Crippen molar-refractivity contribution in [3.63, 3.8) is 0 Å². The number of thiophene rings is 1. The van der Waals surface area contributed by atoms with Gasteiger partial charge in [0, 0.05) is 36.9 Å². The highest BCUT2D eigenvalue weighted by molar-refractivity contribution is 7.25. The van der Waals surface area contributed by atoms with Crippen LogP contribution in [0.15, 0.2) is 164 Å². The first kappa shape index (κ1) is 27.3. The molecule has 3 nitrogen and oxygen atoms in total. The van der Waals surface area contributed by atoms with Crippen LogP contribution in [0.4, 0.5) is 0 Å². The number of rotatable bonds is 5. The summed E-state index contributed by atoms with van der Waals surface area (Å²) in [4.78, 5) is 15.4. The smallest absolute Gasteiger partial charge is 0.164 e. The van der Waals surface area contributed by atoms with Crippen LogP contribution >= 0.6 is 11.3 Å². The molecule has 2 aromatic heterocycles. The number of fused-ring (bicyclic) bond motifs is 4. The maximum atomic E-state index is 5.16. The van der Waals surface area contributed by atoms with E-state index in [0.29, 0.717) is 17.5 Å². The molecule has 0 bridgehead atoms. The van der Waals surface area contributed by atoms with Gasteiger partial charge in [-0.3, -0.25) is 0 Å². The van der Waals surface area contributed by atoms with E-state index in [1.54, 1.807) is 11.3 Å². The van der Waals surface area contributed by atoms with Crippen LogP contribution in [0.5, 0.6) is 0 Å². The van der Waals surface area contributed by atoms with Gasteiger partial charge in [0.25, 0.3) is 0 Å². The predicted octanol–water partition coefficient (Wildman–Crippen LogP) is 11.7. The van der Waals surface area contributed by atoms with Crippen LogP contribution in [-0.2, 0) is 0 Å². The minimum atomic E-state index is 0.653. The molecular weight excluding hydrogens is 591 g/mol. The van der Waals surface area contributed by atoms with Crippen LogP contribution in [0.25, 0.3) is 87.4 Å². The average molecular weight is 618 g/mol. The highest BCUT2D eigenvalue weighted by Crippen LogP contribution is 2.40. The molecule has 9 aromatic rings. The van der Waals surface area contributed by atoms with Crippen molar-refractivity contribution >= 4 is 42.3 Å². The summed E-state index contributed by atoms with van der Waals surface area (Å²) >= 11 is 1.80. The molecule has 0 aliphatic heterocycles. The third-order valence-corrected chi connectivity index (χ3v) is 9.87. The molecular formula is C43H27N3S. The van der Waals surface area contributed by atoms with E-state index < -0.39 is 0 Å². The summed E-state index contributed by atoms with van der Waals surface area (Å²) in [5, 5.41) is 4.72. The molecule has 47 heavy (non-hydrogen) atoms. The number of hydrogen-bond donors (Lipinski definition) is 0. The monoisotopic (exact) mass is 617 g/mol. The van der Waals surface area contributed by atoms with Crippen LogP contribution in [0.3, 0.4) is 0 Å². The van der Waals surface area contributed by atoms with Crippen LogP contribution in [0, 0.1) is 0 Å². The number of aromatic nitrogens is 3. The topological polar surface area (TPSA) is 38.7 Å². The first-order chi connectivity index (χ1) is 23.3. The van der Waals surface area contributed by atoms with Gasteiger partial charge in [0.15, 0.2) is 17.5 Å². The van der Waals surface area contributed by atoms with E-state index in [9.17, 15) is 0 Å². The Morgan fingerprint density at radius 3 is 1.60 bits per heavy atom. The number of hydrogen-bond acceptors (Lipinski definition) is 4. The van der Waals surface area contributed by atoms with Gasteiger partial charge in [-0.15, -0.1) is 11.3 Å². The highest BCUT2D eigenvalue weighted by atomic mass is 32.1. The number of nitrogens with zero attached hydrogens (tertiary/aromatic N) is 3. The van der Waals surface area contributed by atoms with Crippen LogP contribution in [-0.4, -0.2) is 15.0 Å². The second kappa shape index (κ2) is 11.4. The van der Waals surface area contributed by atoms with E-state index in [4.69, 9.17) is 15.0 Å². The summed E-state index contributed by atoms with van der Waals surface area (Å²) in [5.41, 5.74) is 7.66. The van der Waals surface area contributed by atoms with Crippen molar-refractivity contribution < 1.29 is 0 Å². The number of benzene rings is 7. The quantitative estimate of drug-likeness (QED) is 0.193.